The molecule has 37 heavy (non-hydrogen) atoms. The van der Waals surface area contributed by atoms with Crippen molar-refractivity contribution in [3.63, 3.8) is 0 Å². The van der Waals surface area contributed by atoms with Crippen LogP contribution in [0.2, 0.25) is 13.1 Å². The van der Waals surface area contributed by atoms with Gasteiger partial charge in [0, 0.05) is 12.6 Å². The predicted octanol–water partition coefficient (Wildman–Crippen LogP) is 3.64. The number of benzene rings is 1. The maximum absolute atomic E-state index is 13.3. The average Bonchev–Trinajstić information content (AvgIpc) is 3.13. The molecule has 3 N–H and O–H groups in total. The van der Waals surface area contributed by atoms with Crippen LogP contribution in [0.5, 0.6) is 0 Å². The monoisotopic (exact) mass is 531 g/mol. The standard InChI is InChI=1S/C27H41N3O6Si/c1-24(2,3)20(31)21-26(34,25(4,5)6)17-27(36-21,37(7)8)30-15-14-19(28-22(30)32)29-23(33)35-16-18-12-10-9-11-13-18/h9-15,20-21,31,34,37H,16-17H2,1-8H3,(H,28,29,32,33)/t20?,21-,26+,27+/m1/s1. The molecule has 1 amide bonds. The van der Waals surface area contributed by atoms with Gasteiger partial charge in [-0.3, -0.25) is 9.88 Å². The van der Waals surface area contributed by atoms with Crippen LogP contribution in [0.4, 0.5) is 10.6 Å². The highest BCUT2D eigenvalue weighted by Crippen LogP contribution is 2.53. The highest BCUT2D eigenvalue weighted by molar-refractivity contribution is 6.58. The molecule has 1 aromatic carbocycles. The summed E-state index contributed by atoms with van der Waals surface area (Å²) in [6.07, 6.45) is -0.951. The van der Waals surface area contributed by atoms with E-state index in [1.54, 1.807) is 0 Å². The number of anilines is 1. The van der Waals surface area contributed by atoms with Crippen LogP contribution in [0, 0.1) is 10.8 Å². The van der Waals surface area contributed by atoms with Crippen molar-refractivity contribution in [2.24, 2.45) is 10.8 Å². The van der Waals surface area contributed by atoms with Gasteiger partial charge in [0.15, 0.2) is 0 Å². The van der Waals surface area contributed by atoms with Crippen molar-refractivity contribution in [3.05, 3.63) is 58.6 Å². The molecular weight excluding hydrogens is 490 g/mol. The molecule has 0 spiro atoms. The van der Waals surface area contributed by atoms with E-state index in [0.29, 0.717) is 0 Å². The summed E-state index contributed by atoms with van der Waals surface area (Å²) in [5, 5.41) is 24.6. The van der Waals surface area contributed by atoms with Gasteiger partial charge in [-0.05, 0) is 22.5 Å². The van der Waals surface area contributed by atoms with E-state index in [9.17, 15) is 19.8 Å². The lowest BCUT2D eigenvalue weighted by Crippen LogP contribution is -2.57. The van der Waals surface area contributed by atoms with Crippen LogP contribution in [0.1, 0.15) is 53.5 Å². The summed E-state index contributed by atoms with van der Waals surface area (Å²) in [4.78, 5) is 29.6. The molecule has 1 unspecified atom stereocenters. The highest BCUT2D eigenvalue weighted by Gasteiger charge is 2.65. The first kappa shape index (κ1) is 29.0. The molecule has 1 saturated heterocycles. The number of rotatable bonds is 6. The first-order chi connectivity index (χ1) is 17.0. The zero-order chi connectivity index (χ0) is 27.8. The molecule has 9 nitrogen and oxygen atoms in total. The lowest BCUT2D eigenvalue weighted by Gasteiger charge is -2.44. The average molecular weight is 532 g/mol. The van der Waals surface area contributed by atoms with Crippen LogP contribution in [-0.4, -0.2) is 52.5 Å². The molecule has 204 valence electrons. The van der Waals surface area contributed by atoms with Crippen molar-refractivity contribution in [1.82, 2.24) is 9.55 Å². The summed E-state index contributed by atoms with van der Waals surface area (Å²) in [6, 6.07) is 10.8. The van der Waals surface area contributed by atoms with Crippen molar-refractivity contribution in [2.45, 2.75) is 90.8 Å². The zero-order valence-electron chi connectivity index (χ0n) is 23.1. The molecule has 2 aromatic rings. The van der Waals surface area contributed by atoms with Gasteiger partial charge in [-0.15, -0.1) is 0 Å². The summed E-state index contributed by atoms with van der Waals surface area (Å²) in [6.45, 7) is 15.6. The van der Waals surface area contributed by atoms with Gasteiger partial charge >= 0.3 is 11.8 Å². The van der Waals surface area contributed by atoms with Crippen molar-refractivity contribution in [2.75, 3.05) is 5.32 Å². The molecule has 1 aliphatic heterocycles. The Hall–Kier alpha value is -2.53. The van der Waals surface area contributed by atoms with Gasteiger partial charge in [-0.2, -0.15) is 4.98 Å². The van der Waals surface area contributed by atoms with Gasteiger partial charge in [0.2, 0.25) is 0 Å². The van der Waals surface area contributed by atoms with Gasteiger partial charge in [0.25, 0.3) is 0 Å². The van der Waals surface area contributed by atoms with E-state index in [1.165, 1.54) is 16.8 Å². The largest absolute Gasteiger partial charge is 0.444 e. The summed E-state index contributed by atoms with van der Waals surface area (Å²) >= 11 is 0. The summed E-state index contributed by atoms with van der Waals surface area (Å²) in [7, 11) is -1.87. The number of carbonyl (C=O) groups excluding carboxylic acids is 1. The van der Waals surface area contributed by atoms with E-state index < -0.39 is 54.6 Å². The fourth-order valence-corrected chi connectivity index (χ4v) is 6.59. The number of aromatic nitrogens is 2. The zero-order valence-corrected chi connectivity index (χ0v) is 24.3. The van der Waals surface area contributed by atoms with E-state index in [1.807, 2.05) is 85.0 Å². The Kier molecular flexibility index (Phi) is 8.10. The van der Waals surface area contributed by atoms with Crippen molar-refractivity contribution >= 4 is 20.7 Å². The highest BCUT2D eigenvalue weighted by atomic mass is 28.3. The van der Waals surface area contributed by atoms with Crippen LogP contribution in [0.15, 0.2) is 47.4 Å². The molecule has 4 atom stereocenters. The van der Waals surface area contributed by atoms with Crippen molar-refractivity contribution in [1.29, 1.82) is 0 Å². The molecular formula is C27H41N3O6Si. The maximum Gasteiger partial charge on any atom is 0.413 e. The van der Waals surface area contributed by atoms with Crippen molar-refractivity contribution in [3.8, 4) is 0 Å². The Morgan fingerprint density at radius 3 is 2.35 bits per heavy atom. The second kappa shape index (κ2) is 10.3. The number of ether oxygens (including phenoxy) is 2. The molecule has 0 bridgehead atoms. The Balaban J connectivity index is 1.91. The minimum Gasteiger partial charge on any atom is -0.444 e. The number of amides is 1. The number of hydrogen-bond acceptors (Lipinski definition) is 7. The number of carbonyl (C=O) groups is 1. The normalized spacial score (nSPS) is 25.2. The second-order valence-corrected chi connectivity index (χ2v) is 15.6. The second-order valence-electron chi connectivity index (χ2n) is 12.4. The van der Waals surface area contributed by atoms with E-state index in [2.05, 4.69) is 10.3 Å². The summed E-state index contributed by atoms with van der Waals surface area (Å²) in [5.74, 6) is 0.0511. The van der Waals surface area contributed by atoms with E-state index in [-0.39, 0.29) is 18.8 Å². The molecule has 0 radical (unpaired) electrons. The molecule has 10 heteroatoms. The van der Waals surface area contributed by atoms with E-state index in [0.717, 1.165) is 5.56 Å². The van der Waals surface area contributed by atoms with Gasteiger partial charge in [0.05, 0.1) is 14.9 Å². The maximum atomic E-state index is 13.3. The Morgan fingerprint density at radius 1 is 1.22 bits per heavy atom. The molecule has 0 saturated carbocycles. The Morgan fingerprint density at radius 2 is 1.84 bits per heavy atom. The molecule has 2 heterocycles. The quantitative estimate of drug-likeness (QED) is 0.486. The number of hydrogen-bond donors (Lipinski definition) is 3. The minimum absolute atomic E-state index is 0.0511. The molecule has 1 aromatic heterocycles. The lowest BCUT2D eigenvalue weighted by molar-refractivity contribution is -0.180. The van der Waals surface area contributed by atoms with Crippen LogP contribution in [0.25, 0.3) is 0 Å². The van der Waals surface area contributed by atoms with Gasteiger partial charge in [0.1, 0.15) is 29.5 Å². The van der Waals surface area contributed by atoms with Crippen LogP contribution >= 0.6 is 0 Å². The number of aliphatic hydroxyl groups is 2. The fraction of sp³-hybridized carbons (Fsp3) is 0.593. The number of nitrogens with zero attached hydrogens (tertiary/aromatic N) is 2. The summed E-state index contributed by atoms with van der Waals surface area (Å²) in [5.41, 5.74) is -2.40. The molecule has 3 rings (SSSR count). The third-order valence-electron chi connectivity index (χ3n) is 7.35. The SMILES string of the molecule is C[SiH](C)[C@]1(n2ccc(NC(=O)OCc3ccccc3)nc2=O)C[C@@](O)(C(C)(C)C)[C@@H](C(O)C(C)(C)C)O1. The first-order valence-electron chi connectivity index (χ1n) is 12.7. The van der Waals surface area contributed by atoms with Gasteiger partial charge in [-0.1, -0.05) is 85.0 Å². The topological polar surface area (TPSA) is 123 Å². The number of aliphatic hydroxyl groups excluding tert-OH is 1. The molecule has 1 fully saturated rings. The third kappa shape index (κ3) is 5.82. The summed E-state index contributed by atoms with van der Waals surface area (Å²) < 4.78 is 13.2. The third-order valence-corrected chi connectivity index (χ3v) is 9.78. The van der Waals surface area contributed by atoms with Crippen LogP contribution in [0.3, 0.4) is 0 Å². The smallest absolute Gasteiger partial charge is 0.413 e. The van der Waals surface area contributed by atoms with E-state index >= 15 is 0 Å². The first-order valence-corrected chi connectivity index (χ1v) is 15.6. The number of nitrogens with one attached hydrogen (secondary N) is 1. The van der Waals surface area contributed by atoms with E-state index in [4.69, 9.17) is 9.47 Å². The molecule has 1 aliphatic rings. The fourth-order valence-electron chi connectivity index (χ4n) is 4.70. The van der Waals surface area contributed by atoms with Crippen molar-refractivity contribution < 1.29 is 24.5 Å². The predicted molar refractivity (Wildman–Crippen MR) is 145 cm³/mol. The van der Waals surface area contributed by atoms with Gasteiger partial charge in [-0.25, -0.2) is 9.59 Å². The molecule has 0 aliphatic carbocycles. The minimum atomic E-state index is -1.87. The Bertz CT molecular complexity index is 1160. The Labute approximate surface area is 220 Å². The van der Waals surface area contributed by atoms with Crippen LogP contribution < -0.4 is 11.0 Å². The lowest BCUT2D eigenvalue weighted by atomic mass is 9.68. The van der Waals surface area contributed by atoms with Gasteiger partial charge < -0.3 is 19.7 Å². The van der Waals surface area contributed by atoms with Crippen LogP contribution in [-0.2, 0) is 21.4 Å².